The molecule has 0 saturated carbocycles. The first-order chi connectivity index (χ1) is 9.70. The first-order valence-electron chi connectivity index (χ1n) is 7.37. The fourth-order valence-corrected chi connectivity index (χ4v) is 3.90. The van der Waals surface area contributed by atoms with Gasteiger partial charge in [0.1, 0.15) is 0 Å². The second-order valence-corrected chi connectivity index (χ2v) is 5.87. The summed E-state index contributed by atoms with van der Waals surface area (Å²) in [5.74, 6) is 1.42. The van der Waals surface area contributed by atoms with Gasteiger partial charge < -0.3 is 5.32 Å². The Bertz CT molecular complexity index is 506. The van der Waals surface area contributed by atoms with E-state index in [9.17, 15) is 10.1 Å². The van der Waals surface area contributed by atoms with E-state index in [-0.39, 0.29) is 10.6 Å². The van der Waals surface area contributed by atoms with E-state index >= 15 is 0 Å². The zero-order valence-electron chi connectivity index (χ0n) is 11.8. The lowest BCUT2D eigenvalue weighted by Crippen LogP contribution is -2.34. The number of nitrogens with one attached hydrogen (secondary N) is 1. The minimum absolute atomic E-state index is 0.248. The molecule has 2 aliphatic heterocycles. The highest BCUT2D eigenvalue weighted by molar-refractivity contribution is 5.39. The first-order valence-corrected chi connectivity index (χ1v) is 7.37. The fraction of sp³-hybridized carbons (Fsp3) is 0.600. The number of fused-ring (bicyclic) bond motifs is 1. The Morgan fingerprint density at radius 3 is 2.95 bits per heavy atom. The fourth-order valence-electron chi connectivity index (χ4n) is 3.90. The smallest absolute Gasteiger partial charge is 0.273 e. The summed E-state index contributed by atoms with van der Waals surface area (Å²) in [6, 6.07) is 7.67. The SMILES string of the molecule is CCC1C2CNCC2CN1Cc1ccccc1[N+](=O)[O-]. The molecule has 1 N–H and O–H groups in total. The van der Waals surface area contributed by atoms with Crippen LogP contribution >= 0.6 is 0 Å². The molecular weight excluding hydrogens is 254 g/mol. The van der Waals surface area contributed by atoms with Crippen LogP contribution in [-0.2, 0) is 6.54 Å². The number of nitro groups is 1. The third-order valence-electron chi connectivity index (χ3n) is 4.80. The normalized spacial score (nSPS) is 29.6. The Kier molecular flexibility index (Phi) is 3.72. The standard InChI is InChI=1S/C15H21N3O2/c1-2-14-13-8-16-7-12(13)10-17(14)9-11-5-3-4-6-15(11)18(19)20/h3-6,12-14,16H,2,7-10H2,1H3. The van der Waals surface area contributed by atoms with Crippen LogP contribution in [0.3, 0.4) is 0 Å². The largest absolute Gasteiger partial charge is 0.316 e. The molecule has 2 saturated heterocycles. The lowest BCUT2D eigenvalue weighted by molar-refractivity contribution is -0.385. The molecule has 1 aromatic carbocycles. The molecule has 5 nitrogen and oxygen atoms in total. The van der Waals surface area contributed by atoms with Crippen molar-refractivity contribution in [2.75, 3.05) is 19.6 Å². The van der Waals surface area contributed by atoms with Crippen molar-refractivity contribution in [2.45, 2.75) is 25.9 Å². The van der Waals surface area contributed by atoms with Gasteiger partial charge in [-0.15, -0.1) is 0 Å². The third kappa shape index (κ3) is 2.31. The van der Waals surface area contributed by atoms with Crippen LogP contribution in [0.25, 0.3) is 0 Å². The number of benzene rings is 1. The lowest BCUT2D eigenvalue weighted by atomic mass is 9.93. The van der Waals surface area contributed by atoms with E-state index in [1.807, 2.05) is 12.1 Å². The van der Waals surface area contributed by atoms with Crippen molar-refractivity contribution in [1.82, 2.24) is 10.2 Å². The van der Waals surface area contributed by atoms with Crippen LogP contribution in [0.4, 0.5) is 5.69 Å². The molecule has 1 aromatic rings. The van der Waals surface area contributed by atoms with Crippen molar-refractivity contribution in [3.8, 4) is 0 Å². The van der Waals surface area contributed by atoms with Gasteiger partial charge in [0.05, 0.1) is 4.92 Å². The molecule has 0 aliphatic carbocycles. The van der Waals surface area contributed by atoms with Gasteiger partial charge in [-0.1, -0.05) is 25.1 Å². The van der Waals surface area contributed by atoms with Crippen LogP contribution in [0.5, 0.6) is 0 Å². The summed E-state index contributed by atoms with van der Waals surface area (Å²) in [4.78, 5) is 13.3. The predicted molar refractivity (Wildman–Crippen MR) is 77.4 cm³/mol. The van der Waals surface area contributed by atoms with Gasteiger partial charge in [-0.2, -0.15) is 0 Å². The first kappa shape index (κ1) is 13.5. The van der Waals surface area contributed by atoms with Gasteiger partial charge in [0.25, 0.3) is 5.69 Å². The summed E-state index contributed by atoms with van der Waals surface area (Å²) in [7, 11) is 0. The lowest BCUT2D eigenvalue weighted by Gasteiger charge is -2.26. The molecule has 0 bridgehead atoms. The molecule has 0 amide bonds. The molecule has 108 valence electrons. The summed E-state index contributed by atoms with van der Waals surface area (Å²) in [6.45, 7) is 6.16. The average Bonchev–Trinajstić information content (AvgIpc) is 2.99. The molecule has 0 spiro atoms. The monoisotopic (exact) mass is 275 g/mol. The van der Waals surface area contributed by atoms with Crippen molar-refractivity contribution in [3.63, 3.8) is 0 Å². The topological polar surface area (TPSA) is 58.4 Å². The number of hydrogen-bond donors (Lipinski definition) is 1. The summed E-state index contributed by atoms with van der Waals surface area (Å²) in [5.41, 5.74) is 1.08. The van der Waals surface area contributed by atoms with Gasteiger partial charge in [-0.3, -0.25) is 15.0 Å². The second kappa shape index (κ2) is 5.50. The van der Waals surface area contributed by atoms with Crippen molar-refractivity contribution < 1.29 is 4.92 Å². The predicted octanol–water partition coefficient (Wildman–Crippen LogP) is 2.02. The summed E-state index contributed by atoms with van der Waals surface area (Å²) < 4.78 is 0. The number of hydrogen-bond acceptors (Lipinski definition) is 4. The van der Waals surface area contributed by atoms with Crippen molar-refractivity contribution in [1.29, 1.82) is 0 Å². The Hall–Kier alpha value is -1.46. The summed E-state index contributed by atoms with van der Waals surface area (Å²) in [6.07, 6.45) is 1.11. The maximum Gasteiger partial charge on any atom is 0.273 e. The Balaban J connectivity index is 1.79. The minimum Gasteiger partial charge on any atom is -0.316 e. The molecule has 0 radical (unpaired) electrons. The van der Waals surface area contributed by atoms with E-state index in [1.165, 1.54) is 0 Å². The summed E-state index contributed by atoms with van der Waals surface area (Å²) in [5, 5.41) is 14.6. The molecular formula is C15H21N3O2. The Morgan fingerprint density at radius 2 is 2.20 bits per heavy atom. The van der Waals surface area contributed by atoms with Crippen LogP contribution in [0, 0.1) is 22.0 Å². The second-order valence-electron chi connectivity index (χ2n) is 5.87. The van der Waals surface area contributed by atoms with Crippen molar-refractivity contribution in [2.24, 2.45) is 11.8 Å². The highest BCUT2D eigenvalue weighted by Gasteiger charge is 2.43. The number of nitrogens with zero attached hydrogens (tertiary/aromatic N) is 2. The van der Waals surface area contributed by atoms with Crippen molar-refractivity contribution in [3.05, 3.63) is 39.9 Å². The highest BCUT2D eigenvalue weighted by atomic mass is 16.6. The van der Waals surface area contributed by atoms with E-state index in [2.05, 4.69) is 17.1 Å². The van der Waals surface area contributed by atoms with E-state index < -0.39 is 0 Å². The van der Waals surface area contributed by atoms with Gasteiger partial charge in [-0.05, 0) is 31.3 Å². The molecule has 3 rings (SSSR count). The average molecular weight is 275 g/mol. The van der Waals surface area contributed by atoms with Gasteiger partial charge >= 0.3 is 0 Å². The molecule has 3 unspecified atom stereocenters. The number of para-hydroxylation sites is 1. The highest BCUT2D eigenvalue weighted by Crippen LogP contribution is 2.36. The van der Waals surface area contributed by atoms with E-state index in [1.54, 1.807) is 12.1 Å². The molecule has 3 atom stereocenters. The van der Waals surface area contributed by atoms with E-state index in [0.29, 0.717) is 24.4 Å². The van der Waals surface area contributed by atoms with Gasteiger partial charge in [0.2, 0.25) is 0 Å². The molecule has 2 heterocycles. The van der Waals surface area contributed by atoms with Gasteiger partial charge in [0, 0.05) is 30.8 Å². The third-order valence-corrected chi connectivity index (χ3v) is 4.80. The zero-order valence-corrected chi connectivity index (χ0v) is 11.8. The molecule has 20 heavy (non-hydrogen) atoms. The zero-order chi connectivity index (χ0) is 14.1. The quantitative estimate of drug-likeness (QED) is 0.674. The van der Waals surface area contributed by atoms with Gasteiger partial charge in [-0.25, -0.2) is 0 Å². The van der Waals surface area contributed by atoms with Crippen LogP contribution < -0.4 is 5.32 Å². The minimum atomic E-state index is -0.269. The maximum absolute atomic E-state index is 11.1. The number of rotatable bonds is 4. The van der Waals surface area contributed by atoms with Gasteiger partial charge in [0.15, 0.2) is 0 Å². The van der Waals surface area contributed by atoms with Crippen LogP contribution in [0.1, 0.15) is 18.9 Å². The van der Waals surface area contributed by atoms with Crippen LogP contribution in [0.2, 0.25) is 0 Å². The molecule has 2 aliphatic rings. The van der Waals surface area contributed by atoms with E-state index in [4.69, 9.17) is 0 Å². The maximum atomic E-state index is 11.1. The van der Waals surface area contributed by atoms with Crippen molar-refractivity contribution >= 4 is 5.69 Å². The Labute approximate surface area is 119 Å². The van der Waals surface area contributed by atoms with Crippen LogP contribution in [-0.4, -0.2) is 35.5 Å². The molecule has 5 heteroatoms. The summed E-state index contributed by atoms with van der Waals surface area (Å²) >= 11 is 0. The number of likely N-dealkylation sites (tertiary alicyclic amines) is 1. The van der Waals surface area contributed by atoms with E-state index in [0.717, 1.165) is 31.6 Å². The number of nitro benzene ring substituents is 1. The van der Waals surface area contributed by atoms with Crippen LogP contribution in [0.15, 0.2) is 24.3 Å². The Morgan fingerprint density at radius 1 is 1.40 bits per heavy atom. The molecule has 2 fully saturated rings. The molecule has 0 aromatic heterocycles.